The van der Waals surface area contributed by atoms with Crippen molar-refractivity contribution in [1.29, 1.82) is 0 Å². The molecule has 10 heteroatoms. The van der Waals surface area contributed by atoms with Crippen molar-refractivity contribution < 1.29 is 4.74 Å². The Bertz CT molecular complexity index is 1080. The quantitative estimate of drug-likeness (QED) is 0.562. The molecule has 3 aromatic heterocycles. The van der Waals surface area contributed by atoms with Crippen molar-refractivity contribution in [3.8, 4) is 0 Å². The van der Waals surface area contributed by atoms with Gasteiger partial charge in [-0.25, -0.2) is 9.97 Å². The van der Waals surface area contributed by atoms with Crippen molar-refractivity contribution in [2.45, 2.75) is 41.7 Å². The third-order valence-electron chi connectivity index (χ3n) is 6.44. The van der Waals surface area contributed by atoms with Gasteiger partial charge in [0.05, 0.1) is 39.7 Å². The molecule has 0 saturated carbocycles. The number of aromatic amines is 1. The zero-order valence-corrected chi connectivity index (χ0v) is 18.2. The van der Waals surface area contributed by atoms with Gasteiger partial charge in [-0.15, -0.1) is 0 Å². The normalized spacial score (nSPS) is 23.5. The molecule has 1 unspecified atom stereocenters. The monoisotopic (exact) mass is 445 g/mol. The standard InChI is InChI=1S/C20H24ClN7OS/c1-11-17(22)20(10-29-11)3-6-28(7-4-20)19-12-8-26-27-16(12)14(9-25-19)30-13-2-5-24-18(23)15(13)21/h2,5,8-9,11,17H,3-4,6-7,10,22H2,1H3,(H2,23,24)(H,26,27)/t11-,17?/m0/s1. The molecule has 5 heterocycles. The summed E-state index contributed by atoms with van der Waals surface area (Å²) in [5.41, 5.74) is 13.3. The van der Waals surface area contributed by atoms with E-state index in [2.05, 4.69) is 27.0 Å². The van der Waals surface area contributed by atoms with Crippen LogP contribution in [0.4, 0.5) is 11.6 Å². The molecule has 158 valence electrons. The zero-order valence-electron chi connectivity index (χ0n) is 16.6. The molecule has 3 aromatic rings. The van der Waals surface area contributed by atoms with Gasteiger partial charge in [0.25, 0.3) is 0 Å². The highest BCUT2D eigenvalue weighted by molar-refractivity contribution is 7.99. The van der Waals surface area contributed by atoms with Gasteiger partial charge < -0.3 is 21.1 Å². The highest BCUT2D eigenvalue weighted by Crippen LogP contribution is 2.43. The Morgan fingerprint density at radius 3 is 2.80 bits per heavy atom. The maximum atomic E-state index is 6.46. The summed E-state index contributed by atoms with van der Waals surface area (Å²) in [4.78, 5) is 12.9. The predicted octanol–water partition coefficient (Wildman–Crippen LogP) is 3.07. The fraction of sp³-hybridized carbons (Fsp3) is 0.450. The number of nitrogens with zero attached hydrogens (tertiary/aromatic N) is 4. The Morgan fingerprint density at radius 1 is 1.27 bits per heavy atom. The molecule has 2 atom stereocenters. The lowest BCUT2D eigenvalue weighted by Crippen LogP contribution is -2.50. The molecule has 2 aliphatic heterocycles. The van der Waals surface area contributed by atoms with Crippen molar-refractivity contribution >= 4 is 45.9 Å². The third-order valence-corrected chi connectivity index (χ3v) is 8.04. The molecule has 5 N–H and O–H groups in total. The molecule has 0 aliphatic carbocycles. The van der Waals surface area contributed by atoms with E-state index in [1.165, 1.54) is 11.8 Å². The van der Waals surface area contributed by atoms with Crippen molar-refractivity contribution in [2.75, 3.05) is 30.3 Å². The van der Waals surface area contributed by atoms with Gasteiger partial charge in [0.2, 0.25) is 0 Å². The van der Waals surface area contributed by atoms with Gasteiger partial charge >= 0.3 is 0 Å². The van der Waals surface area contributed by atoms with Crippen LogP contribution in [0.1, 0.15) is 19.8 Å². The van der Waals surface area contributed by atoms with Gasteiger partial charge in [-0.3, -0.25) is 5.10 Å². The van der Waals surface area contributed by atoms with E-state index in [1.54, 1.807) is 6.20 Å². The summed E-state index contributed by atoms with van der Waals surface area (Å²) in [6.07, 6.45) is 7.48. The average Bonchev–Trinajstić information content (AvgIpc) is 3.35. The number of rotatable bonds is 3. The molecule has 0 aromatic carbocycles. The van der Waals surface area contributed by atoms with Crippen LogP contribution in [0.3, 0.4) is 0 Å². The first kappa shape index (κ1) is 19.9. The van der Waals surface area contributed by atoms with E-state index in [1.807, 2.05) is 18.5 Å². The molecule has 5 rings (SSSR count). The maximum absolute atomic E-state index is 6.46. The first-order valence-electron chi connectivity index (χ1n) is 10.0. The van der Waals surface area contributed by atoms with E-state index >= 15 is 0 Å². The molecule has 2 fully saturated rings. The van der Waals surface area contributed by atoms with E-state index in [0.717, 1.165) is 59.0 Å². The number of aromatic nitrogens is 4. The Morgan fingerprint density at radius 2 is 2.07 bits per heavy atom. The molecule has 1 spiro atoms. The molecule has 8 nitrogen and oxygen atoms in total. The number of hydrogen-bond donors (Lipinski definition) is 3. The number of H-pyrrole nitrogens is 1. The summed E-state index contributed by atoms with van der Waals surface area (Å²) in [5, 5.41) is 8.84. The Balaban J connectivity index is 1.40. The molecule has 0 amide bonds. The van der Waals surface area contributed by atoms with Crippen LogP contribution in [-0.4, -0.2) is 52.0 Å². The molecule has 2 saturated heterocycles. The van der Waals surface area contributed by atoms with Crippen LogP contribution < -0.4 is 16.4 Å². The number of halogens is 1. The second-order valence-corrected chi connectivity index (χ2v) is 9.57. The Labute approximate surface area is 183 Å². The number of ether oxygens (including phenoxy) is 1. The lowest BCUT2D eigenvalue weighted by Gasteiger charge is -2.41. The minimum atomic E-state index is 0.0826. The van der Waals surface area contributed by atoms with Gasteiger partial charge in [0, 0.05) is 41.8 Å². The van der Waals surface area contributed by atoms with Crippen LogP contribution in [0, 0.1) is 5.41 Å². The smallest absolute Gasteiger partial charge is 0.143 e. The zero-order chi connectivity index (χ0) is 20.9. The van der Waals surface area contributed by atoms with Crippen molar-refractivity contribution in [2.24, 2.45) is 11.1 Å². The minimum absolute atomic E-state index is 0.0826. The Hall–Kier alpha value is -2.07. The third kappa shape index (κ3) is 3.20. The number of nitrogen functional groups attached to an aromatic ring is 1. The number of hydrogen-bond acceptors (Lipinski definition) is 8. The molecule has 0 radical (unpaired) electrons. The van der Waals surface area contributed by atoms with Gasteiger partial charge in [0.15, 0.2) is 0 Å². The van der Waals surface area contributed by atoms with Crippen molar-refractivity contribution in [1.82, 2.24) is 20.2 Å². The summed E-state index contributed by atoms with van der Waals surface area (Å²) in [6, 6.07) is 1.94. The van der Waals surface area contributed by atoms with E-state index in [4.69, 9.17) is 32.8 Å². The average molecular weight is 446 g/mol. The number of pyridine rings is 2. The SMILES string of the molecule is C[C@@H]1OCC2(CCN(c3ncc(Sc4ccnc(N)c4Cl)c4[nH]ncc34)CC2)C1N. The number of piperidine rings is 1. The van der Waals surface area contributed by atoms with Crippen LogP contribution in [0.25, 0.3) is 10.9 Å². The second-order valence-electron chi connectivity index (χ2n) is 8.11. The predicted molar refractivity (Wildman–Crippen MR) is 119 cm³/mol. The fourth-order valence-corrected chi connectivity index (χ4v) is 5.65. The topological polar surface area (TPSA) is 119 Å². The summed E-state index contributed by atoms with van der Waals surface area (Å²) in [6.45, 7) is 4.62. The van der Waals surface area contributed by atoms with Crippen molar-refractivity contribution in [3.63, 3.8) is 0 Å². The van der Waals surface area contributed by atoms with E-state index in [0.29, 0.717) is 10.8 Å². The number of fused-ring (bicyclic) bond motifs is 1. The van der Waals surface area contributed by atoms with Crippen molar-refractivity contribution in [3.05, 3.63) is 29.7 Å². The van der Waals surface area contributed by atoms with E-state index < -0.39 is 0 Å². The number of anilines is 2. The van der Waals surface area contributed by atoms with Crippen LogP contribution in [0.5, 0.6) is 0 Å². The Kier molecular flexibility index (Phi) is 5.01. The minimum Gasteiger partial charge on any atom is -0.382 e. The van der Waals surface area contributed by atoms with Crippen LogP contribution in [-0.2, 0) is 4.74 Å². The van der Waals surface area contributed by atoms with Crippen LogP contribution >= 0.6 is 23.4 Å². The summed E-state index contributed by atoms with van der Waals surface area (Å²) < 4.78 is 5.85. The lowest BCUT2D eigenvalue weighted by atomic mass is 9.73. The van der Waals surface area contributed by atoms with E-state index in [9.17, 15) is 0 Å². The van der Waals surface area contributed by atoms with E-state index in [-0.39, 0.29) is 17.6 Å². The first-order chi connectivity index (χ1) is 14.5. The fourth-order valence-electron chi connectivity index (χ4n) is 4.50. The second kappa shape index (κ2) is 7.56. The van der Waals surface area contributed by atoms with Gasteiger partial charge in [-0.2, -0.15) is 5.10 Å². The number of nitrogens with two attached hydrogens (primary N) is 2. The van der Waals surface area contributed by atoms with Crippen LogP contribution in [0.2, 0.25) is 5.02 Å². The molecule has 0 bridgehead atoms. The first-order valence-corrected chi connectivity index (χ1v) is 11.2. The number of nitrogens with one attached hydrogen (secondary N) is 1. The largest absolute Gasteiger partial charge is 0.382 e. The highest BCUT2D eigenvalue weighted by atomic mass is 35.5. The van der Waals surface area contributed by atoms with Gasteiger partial charge in [-0.1, -0.05) is 23.4 Å². The van der Waals surface area contributed by atoms with Crippen LogP contribution in [0.15, 0.2) is 34.4 Å². The highest BCUT2D eigenvalue weighted by Gasteiger charge is 2.47. The molecular weight excluding hydrogens is 422 g/mol. The molecule has 30 heavy (non-hydrogen) atoms. The van der Waals surface area contributed by atoms with Gasteiger partial charge in [0.1, 0.15) is 11.6 Å². The maximum Gasteiger partial charge on any atom is 0.143 e. The summed E-state index contributed by atoms with van der Waals surface area (Å²) in [7, 11) is 0. The summed E-state index contributed by atoms with van der Waals surface area (Å²) >= 11 is 7.82. The lowest BCUT2D eigenvalue weighted by molar-refractivity contribution is 0.0974. The molecular formula is C20H24ClN7OS. The van der Waals surface area contributed by atoms with Gasteiger partial charge in [-0.05, 0) is 25.8 Å². The summed E-state index contributed by atoms with van der Waals surface area (Å²) in [5.74, 6) is 1.26. The molecule has 2 aliphatic rings.